The van der Waals surface area contributed by atoms with Gasteiger partial charge in [0, 0.05) is 106 Å². The SMILES string of the molecule is O=C(Nc1nc2cccc(C3=CCC(NC(=O)C4CC4)CC3)n2n1)C1CC1.O=C(Nc1nc2cccc(C3=CCN(C(=O)C4(F)CC4)C3)n2n1)C1CC1.O=C(Nc1nc2cccc(C3=CCN(C(=O)C4(F)CC4)CC3)n2n1)C1CC1.O=C(Nc1nc2cccc(C3=CCN(C(=O)C4CC4(F)F)C3)n2n1)C1CC1.O=C(Nc1nc2cccc(C3=CCN(C(=O)C4CC4)CC3)n2n1)C1CC1. The van der Waals surface area contributed by atoms with Gasteiger partial charge in [0.25, 0.3) is 17.7 Å². The molecule has 10 saturated carbocycles. The van der Waals surface area contributed by atoms with E-state index in [-0.39, 0.29) is 114 Å². The maximum Gasteiger partial charge on any atom is 0.260 e. The van der Waals surface area contributed by atoms with Crippen LogP contribution in [0, 0.1) is 47.3 Å². The van der Waals surface area contributed by atoms with Crippen molar-refractivity contribution in [2.45, 2.75) is 177 Å². The number of nitrogens with zero attached hydrogens (tertiary/aromatic N) is 19. The molecule has 0 radical (unpaired) electrons. The van der Waals surface area contributed by atoms with Crippen molar-refractivity contribution in [1.29, 1.82) is 0 Å². The number of fused-ring (bicyclic) bond motifs is 5. The van der Waals surface area contributed by atoms with Crippen molar-refractivity contribution in [3.63, 3.8) is 0 Å². The van der Waals surface area contributed by atoms with Crippen LogP contribution >= 0.6 is 0 Å². The predicted molar refractivity (Wildman–Crippen MR) is 478 cm³/mol. The minimum atomic E-state index is -2.86. The Morgan fingerprint density at radius 2 is 0.609 bits per heavy atom. The third-order valence-electron chi connectivity index (χ3n) is 26.7. The molecule has 0 bridgehead atoms. The van der Waals surface area contributed by atoms with Crippen LogP contribution in [0.3, 0.4) is 0 Å². The second-order valence-corrected chi connectivity index (χ2v) is 37.5. The van der Waals surface area contributed by atoms with Gasteiger partial charge in [-0.25, -0.2) is 40.1 Å². The fraction of sp³-hybridized carbons (Fsp3) is 0.468. The number of aromatic nitrogens is 15. The van der Waals surface area contributed by atoms with Gasteiger partial charge in [-0.2, -0.15) is 24.9 Å². The van der Waals surface area contributed by atoms with E-state index in [1.54, 1.807) is 33.5 Å². The van der Waals surface area contributed by atoms with Gasteiger partial charge in [0.05, 0.1) is 28.5 Å². The number of hydrogen-bond donors (Lipinski definition) is 6. The molecule has 0 saturated heterocycles. The lowest BCUT2D eigenvalue weighted by molar-refractivity contribution is -0.138. The molecule has 0 spiro atoms. The summed E-state index contributed by atoms with van der Waals surface area (Å²) in [7, 11) is 0. The van der Waals surface area contributed by atoms with E-state index in [0.29, 0.717) is 118 Å². The second-order valence-electron chi connectivity index (χ2n) is 37.5. The van der Waals surface area contributed by atoms with Gasteiger partial charge in [0.1, 0.15) is 5.92 Å². The van der Waals surface area contributed by atoms with Gasteiger partial charge in [0.2, 0.25) is 77.0 Å². The van der Waals surface area contributed by atoms with Gasteiger partial charge < -0.3 is 24.9 Å². The molecule has 2 atom stereocenters. The molecule has 6 N–H and O–H groups in total. The molecule has 11 aliphatic carbocycles. The van der Waals surface area contributed by atoms with E-state index in [1.807, 2.05) is 108 Å². The lowest BCUT2D eigenvalue weighted by Crippen LogP contribution is -2.41. The van der Waals surface area contributed by atoms with E-state index in [9.17, 15) is 65.5 Å². The van der Waals surface area contributed by atoms with Gasteiger partial charge in [0.15, 0.2) is 39.6 Å². The number of carbonyl (C=O) groups is 10. The number of carbonyl (C=O) groups excluding carboxylic acids is 10. The summed E-state index contributed by atoms with van der Waals surface area (Å²) in [6, 6.07) is 28.6. The number of rotatable bonds is 21. The first-order chi connectivity index (χ1) is 64.3. The van der Waals surface area contributed by atoms with E-state index in [2.05, 4.69) is 94.5 Å². The van der Waals surface area contributed by atoms with E-state index in [1.165, 1.54) is 20.9 Å². The molecular formula is C94H99F4N25O10. The molecule has 25 rings (SSSR count). The Labute approximate surface area is 758 Å². The summed E-state index contributed by atoms with van der Waals surface area (Å²) in [5, 5.41) is 39.2. The number of hydrogen-bond acceptors (Lipinski definition) is 20. The molecule has 0 aromatic carbocycles. The summed E-state index contributed by atoms with van der Waals surface area (Å²) in [4.78, 5) is 149. The zero-order valence-electron chi connectivity index (χ0n) is 73.0. The zero-order chi connectivity index (χ0) is 91.3. The Kier molecular flexibility index (Phi) is 22.5. The molecular weight excluding hydrogens is 1720 g/mol. The summed E-state index contributed by atoms with van der Waals surface area (Å²) < 4.78 is 63.0. The van der Waals surface area contributed by atoms with Crippen LogP contribution in [0.5, 0.6) is 0 Å². The van der Waals surface area contributed by atoms with Crippen LogP contribution in [0.2, 0.25) is 0 Å². The van der Waals surface area contributed by atoms with Crippen LogP contribution in [0.4, 0.5) is 47.3 Å². The zero-order valence-corrected chi connectivity index (χ0v) is 73.0. The maximum atomic E-state index is 14.0. The minimum absolute atomic E-state index is 0.00793. The first kappa shape index (κ1) is 86.0. The Morgan fingerprint density at radius 3 is 0.917 bits per heavy atom. The third kappa shape index (κ3) is 19.2. The molecule has 10 aromatic heterocycles. The lowest BCUT2D eigenvalue weighted by Gasteiger charge is -2.27. The van der Waals surface area contributed by atoms with E-state index in [0.717, 1.165) is 173 Å². The normalized spacial score (nSPS) is 21.6. The summed E-state index contributed by atoms with van der Waals surface area (Å²) in [5.41, 5.74) is 9.51. The number of nitrogens with one attached hydrogen (secondary N) is 6. The minimum Gasteiger partial charge on any atom is -0.353 e. The Morgan fingerprint density at radius 1 is 0.316 bits per heavy atom. The van der Waals surface area contributed by atoms with Crippen LogP contribution in [0.1, 0.15) is 183 Å². The number of halogens is 4. The third-order valence-corrected chi connectivity index (χ3v) is 26.7. The molecule has 10 aromatic rings. The van der Waals surface area contributed by atoms with Crippen molar-refractivity contribution in [2.24, 2.45) is 47.3 Å². The maximum absolute atomic E-state index is 14.0. The topological polar surface area (TPSA) is 407 Å². The lowest BCUT2D eigenvalue weighted by atomic mass is 9.93. The van der Waals surface area contributed by atoms with Crippen molar-refractivity contribution < 1.29 is 65.5 Å². The second kappa shape index (κ2) is 34.7. The Hall–Kier alpha value is -13.8. The highest BCUT2D eigenvalue weighted by atomic mass is 19.3. The molecule has 10 fully saturated rings. The van der Waals surface area contributed by atoms with Gasteiger partial charge in [-0.1, -0.05) is 60.7 Å². The predicted octanol–water partition coefficient (Wildman–Crippen LogP) is 10.6. The Bertz CT molecular complexity index is 6600. The number of allylic oxidation sites excluding steroid dienone is 1. The molecule has 133 heavy (non-hydrogen) atoms. The van der Waals surface area contributed by atoms with Crippen LogP contribution < -0.4 is 31.9 Å². The fourth-order valence-corrected chi connectivity index (χ4v) is 17.2. The first-order valence-corrected chi connectivity index (χ1v) is 46.4. The average Bonchev–Trinajstić information content (AvgIpc) is 1.60. The van der Waals surface area contributed by atoms with Crippen LogP contribution in [-0.2, 0) is 47.9 Å². The number of alkyl halides is 4. The van der Waals surface area contributed by atoms with Crippen molar-refractivity contribution in [1.82, 2.24) is 97.9 Å². The van der Waals surface area contributed by atoms with Crippen LogP contribution in [0.15, 0.2) is 121 Å². The van der Waals surface area contributed by atoms with Crippen molar-refractivity contribution >= 4 is 145 Å². The standard InChI is InChI=1S/C20H23N5O2.C19H20FN5O2.C19H21N5O2.C18H17F2N5O2.C18H18FN5O2/c26-18(13-4-5-13)21-15-10-8-12(9-11-15)16-2-1-3-17-22-20(24-25(16)17)23-19(27)14-6-7-14;20-19(8-9-19)17(27)24-10-6-12(7-11-24)14-2-1-3-15-21-18(23-25(14)15)22-16(26)13-4-5-13;25-17(13-4-5-13)21-19-20-16-3-1-2-15(24(16)22-19)12-8-10-23(11-9-12)18(26)14-6-7-14;19-18(20)8-12(18)16(27)24-7-6-11(9-24)13-2-1-3-14-21-17(23-25(13)14)22-15(26)10-4-5-10;19-18(7-8-18)16(26)23-9-6-12(10-23)13-2-1-3-14-20-17(22-24(13)14)21-15(25)11-4-5-11/h1-3,8,13-15H,4-7,9-11H2,(H,21,26)(H,23,24,27);1-3,6,13H,4-5,7-11H2,(H,22,23,26);1-3,8,13-14H,4-7,9-11H2,(H,21,22,25);1-3,6,10,12H,4-5,7-9H2,(H,22,23,26);1-3,6,11H,4-5,7-10H2,(H,21,22,25). The monoisotopic (exact) mass is 1810 g/mol. The first-order valence-electron chi connectivity index (χ1n) is 46.4. The van der Waals surface area contributed by atoms with E-state index >= 15 is 0 Å². The van der Waals surface area contributed by atoms with Crippen LogP contribution in [0.25, 0.3) is 56.1 Å². The quantitative estimate of drug-likeness (QED) is 0.0364. The summed E-state index contributed by atoms with van der Waals surface area (Å²) in [6.07, 6.45) is 28.5. The van der Waals surface area contributed by atoms with Crippen molar-refractivity contribution in [3.05, 3.63) is 150 Å². The van der Waals surface area contributed by atoms with Crippen molar-refractivity contribution in [3.8, 4) is 0 Å². The summed E-state index contributed by atoms with van der Waals surface area (Å²) in [6.45, 7) is 3.61. The number of amides is 10. The van der Waals surface area contributed by atoms with Crippen LogP contribution in [-0.4, -0.2) is 227 Å². The highest BCUT2D eigenvalue weighted by Crippen LogP contribution is 2.51. The molecule has 14 heterocycles. The summed E-state index contributed by atoms with van der Waals surface area (Å²) in [5.74, 6) is -2.45. The molecule has 10 amide bonds. The smallest absolute Gasteiger partial charge is 0.260 e. The fourth-order valence-electron chi connectivity index (χ4n) is 17.2. The van der Waals surface area contributed by atoms with Gasteiger partial charge in [-0.3, -0.25) is 74.5 Å². The highest BCUT2D eigenvalue weighted by Gasteiger charge is 2.62. The molecule has 15 aliphatic rings. The van der Waals surface area contributed by atoms with Gasteiger partial charge >= 0.3 is 0 Å². The van der Waals surface area contributed by atoms with E-state index in [4.69, 9.17) is 0 Å². The molecule has 2 unspecified atom stereocenters. The van der Waals surface area contributed by atoms with Crippen molar-refractivity contribution in [2.75, 3.05) is 78.9 Å². The Balaban J connectivity index is 0.000000100. The van der Waals surface area contributed by atoms with Gasteiger partial charge in [-0.15, -0.1) is 25.5 Å². The molecule has 4 aliphatic heterocycles. The number of pyridine rings is 5. The van der Waals surface area contributed by atoms with Gasteiger partial charge in [-0.05, 0) is 236 Å². The highest BCUT2D eigenvalue weighted by molar-refractivity contribution is 5.97. The molecule has 39 heteroatoms. The summed E-state index contributed by atoms with van der Waals surface area (Å²) >= 11 is 0. The molecule has 688 valence electrons. The molecule has 35 nitrogen and oxygen atoms in total. The van der Waals surface area contributed by atoms with E-state index < -0.39 is 35.0 Å². The number of anilines is 5. The average molecular weight is 1810 g/mol. The largest absolute Gasteiger partial charge is 0.353 e.